The highest BCUT2D eigenvalue weighted by atomic mass is 15.3. The lowest BCUT2D eigenvalue weighted by Gasteiger charge is -1.99. The summed E-state index contributed by atoms with van der Waals surface area (Å²) in [6.45, 7) is 4.23. The van der Waals surface area contributed by atoms with E-state index in [0.29, 0.717) is 0 Å². The van der Waals surface area contributed by atoms with Crippen LogP contribution in [0.3, 0.4) is 0 Å². The Labute approximate surface area is 82.8 Å². The highest BCUT2D eigenvalue weighted by Crippen LogP contribution is 2.23. The summed E-state index contributed by atoms with van der Waals surface area (Å²) in [5, 5.41) is 3.28. The Morgan fingerprint density at radius 3 is 3.29 bits per heavy atom. The van der Waals surface area contributed by atoms with Crippen LogP contribution >= 0.6 is 0 Å². The molecule has 3 heteroatoms. The average Bonchev–Trinajstić information content (AvgIpc) is 2.76. The van der Waals surface area contributed by atoms with E-state index in [1.54, 1.807) is 0 Å². The number of imidazole rings is 1. The Morgan fingerprint density at radius 2 is 2.43 bits per heavy atom. The minimum Gasteiger partial charge on any atom is -0.354 e. The number of benzene rings is 1. The van der Waals surface area contributed by atoms with Crippen molar-refractivity contribution in [2.45, 2.75) is 19.9 Å². The molecule has 0 amide bonds. The van der Waals surface area contributed by atoms with E-state index in [-0.39, 0.29) is 0 Å². The van der Waals surface area contributed by atoms with Gasteiger partial charge in [0.05, 0.1) is 11.0 Å². The lowest BCUT2D eigenvalue weighted by atomic mass is 10.1. The van der Waals surface area contributed by atoms with Gasteiger partial charge >= 0.3 is 0 Å². The topological polar surface area (TPSA) is 29.9 Å². The Morgan fingerprint density at radius 1 is 1.50 bits per heavy atom. The van der Waals surface area contributed by atoms with Crippen molar-refractivity contribution in [3.05, 3.63) is 23.8 Å². The molecule has 0 bridgehead atoms. The molecular weight excluding hydrogens is 174 g/mol. The molecule has 0 saturated carbocycles. The quantitative estimate of drug-likeness (QED) is 0.740. The van der Waals surface area contributed by atoms with Gasteiger partial charge in [-0.2, -0.15) is 0 Å². The maximum Gasteiger partial charge on any atom is 0.204 e. The molecule has 1 N–H and O–H groups in total. The first-order valence-corrected chi connectivity index (χ1v) is 5.11. The van der Waals surface area contributed by atoms with Gasteiger partial charge in [0, 0.05) is 13.1 Å². The van der Waals surface area contributed by atoms with Gasteiger partial charge in [0.25, 0.3) is 0 Å². The third kappa shape index (κ3) is 0.953. The molecule has 1 aliphatic rings. The van der Waals surface area contributed by atoms with E-state index < -0.39 is 0 Å². The van der Waals surface area contributed by atoms with Crippen molar-refractivity contribution in [2.75, 3.05) is 11.9 Å². The first-order chi connectivity index (χ1) is 6.88. The van der Waals surface area contributed by atoms with E-state index in [2.05, 4.69) is 40.0 Å². The zero-order valence-electron chi connectivity index (χ0n) is 8.25. The second-order valence-corrected chi connectivity index (χ2v) is 3.69. The predicted molar refractivity (Wildman–Crippen MR) is 57.6 cm³/mol. The predicted octanol–water partition coefficient (Wildman–Crippen LogP) is 2.02. The molecule has 72 valence electrons. The number of hydrogen-bond acceptors (Lipinski definition) is 2. The summed E-state index contributed by atoms with van der Waals surface area (Å²) in [5.74, 6) is 1.02. The minimum absolute atomic E-state index is 1.01. The zero-order valence-corrected chi connectivity index (χ0v) is 8.25. The van der Waals surface area contributed by atoms with Gasteiger partial charge in [-0.05, 0) is 24.1 Å². The summed E-state index contributed by atoms with van der Waals surface area (Å²) in [7, 11) is 0. The van der Waals surface area contributed by atoms with Crippen LogP contribution in [0.2, 0.25) is 0 Å². The number of nitrogens with zero attached hydrogens (tertiary/aromatic N) is 2. The van der Waals surface area contributed by atoms with Crippen molar-refractivity contribution in [3.63, 3.8) is 0 Å². The summed E-state index contributed by atoms with van der Waals surface area (Å²) < 4.78 is 2.26. The Bertz CT molecular complexity index is 484. The van der Waals surface area contributed by atoms with Crippen LogP contribution in [0.5, 0.6) is 0 Å². The van der Waals surface area contributed by atoms with E-state index in [0.717, 1.165) is 31.0 Å². The van der Waals surface area contributed by atoms with Gasteiger partial charge in [-0.25, -0.2) is 4.98 Å². The maximum absolute atomic E-state index is 4.52. The Kier molecular flexibility index (Phi) is 1.54. The van der Waals surface area contributed by atoms with Crippen molar-refractivity contribution >= 4 is 17.0 Å². The summed E-state index contributed by atoms with van der Waals surface area (Å²) in [6, 6.07) is 6.52. The zero-order chi connectivity index (χ0) is 9.54. The molecule has 0 aliphatic carbocycles. The Balaban J connectivity index is 2.29. The fraction of sp³-hybridized carbons (Fsp3) is 0.364. The second kappa shape index (κ2) is 2.74. The highest BCUT2D eigenvalue weighted by Gasteiger charge is 2.14. The Hall–Kier alpha value is -1.51. The van der Waals surface area contributed by atoms with Crippen LogP contribution in [-0.2, 0) is 13.0 Å². The summed E-state index contributed by atoms with van der Waals surface area (Å²) in [4.78, 5) is 4.52. The lowest BCUT2D eigenvalue weighted by molar-refractivity contribution is 0.836. The molecule has 1 aromatic heterocycles. The third-order valence-corrected chi connectivity index (χ3v) is 2.84. The van der Waals surface area contributed by atoms with Crippen molar-refractivity contribution in [2.24, 2.45) is 0 Å². The van der Waals surface area contributed by atoms with Crippen LogP contribution in [0, 0.1) is 0 Å². The average molecular weight is 187 g/mol. The van der Waals surface area contributed by atoms with E-state index in [9.17, 15) is 0 Å². The van der Waals surface area contributed by atoms with E-state index in [1.165, 1.54) is 11.1 Å². The summed E-state index contributed by atoms with van der Waals surface area (Å²) in [5.41, 5.74) is 3.75. The monoisotopic (exact) mass is 187 g/mol. The van der Waals surface area contributed by atoms with E-state index in [4.69, 9.17) is 0 Å². The fourth-order valence-electron chi connectivity index (χ4n) is 2.03. The SMILES string of the molecule is CCc1ccc2nc3n(c2c1)CCN3. The standard InChI is InChI=1S/C11H13N3/c1-2-8-3-4-9-10(7-8)14-6-5-12-11(14)13-9/h3-4,7H,2,5-6H2,1H3,(H,12,13). The van der Waals surface area contributed by atoms with Crippen molar-refractivity contribution in [3.8, 4) is 0 Å². The number of aromatic nitrogens is 2. The number of fused-ring (bicyclic) bond motifs is 3. The fourth-order valence-corrected chi connectivity index (χ4v) is 2.03. The molecule has 0 fully saturated rings. The van der Waals surface area contributed by atoms with Crippen LogP contribution in [0.25, 0.3) is 11.0 Å². The molecule has 0 atom stereocenters. The molecule has 0 spiro atoms. The first kappa shape index (κ1) is 7.85. The molecule has 2 aromatic rings. The summed E-state index contributed by atoms with van der Waals surface area (Å²) in [6.07, 6.45) is 1.09. The van der Waals surface area contributed by atoms with Crippen LogP contribution in [0.1, 0.15) is 12.5 Å². The van der Waals surface area contributed by atoms with Crippen LogP contribution < -0.4 is 5.32 Å². The molecule has 3 rings (SSSR count). The lowest BCUT2D eigenvalue weighted by Crippen LogP contribution is -1.95. The highest BCUT2D eigenvalue weighted by molar-refractivity contribution is 5.80. The minimum atomic E-state index is 1.01. The van der Waals surface area contributed by atoms with Crippen molar-refractivity contribution in [1.82, 2.24) is 9.55 Å². The normalized spacial score (nSPS) is 14.4. The molecule has 0 saturated heterocycles. The third-order valence-electron chi connectivity index (χ3n) is 2.84. The smallest absolute Gasteiger partial charge is 0.204 e. The van der Waals surface area contributed by atoms with Crippen LogP contribution in [-0.4, -0.2) is 16.1 Å². The number of anilines is 1. The number of aryl methyl sites for hydroxylation is 1. The number of hydrogen-bond donors (Lipinski definition) is 1. The van der Waals surface area contributed by atoms with E-state index in [1.807, 2.05) is 0 Å². The molecule has 1 aromatic carbocycles. The van der Waals surface area contributed by atoms with Crippen molar-refractivity contribution < 1.29 is 0 Å². The number of nitrogens with one attached hydrogen (secondary N) is 1. The van der Waals surface area contributed by atoms with E-state index >= 15 is 0 Å². The van der Waals surface area contributed by atoms with Gasteiger partial charge in [-0.15, -0.1) is 0 Å². The molecule has 1 aliphatic heterocycles. The maximum atomic E-state index is 4.52. The summed E-state index contributed by atoms with van der Waals surface area (Å²) >= 11 is 0. The number of rotatable bonds is 1. The molecule has 3 nitrogen and oxygen atoms in total. The largest absolute Gasteiger partial charge is 0.354 e. The van der Waals surface area contributed by atoms with Crippen LogP contribution in [0.4, 0.5) is 5.95 Å². The van der Waals surface area contributed by atoms with Crippen molar-refractivity contribution in [1.29, 1.82) is 0 Å². The molecule has 0 unspecified atom stereocenters. The van der Waals surface area contributed by atoms with Gasteiger partial charge in [0.15, 0.2) is 0 Å². The van der Waals surface area contributed by atoms with Gasteiger partial charge in [0.1, 0.15) is 0 Å². The molecule has 2 heterocycles. The van der Waals surface area contributed by atoms with Gasteiger partial charge in [-0.1, -0.05) is 13.0 Å². The van der Waals surface area contributed by atoms with Gasteiger partial charge in [0.2, 0.25) is 5.95 Å². The molecular formula is C11H13N3. The molecule has 14 heavy (non-hydrogen) atoms. The van der Waals surface area contributed by atoms with Gasteiger partial charge in [-0.3, -0.25) is 0 Å². The first-order valence-electron chi connectivity index (χ1n) is 5.11. The van der Waals surface area contributed by atoms with Crippen LogP contribution in [0.15, 0.2) is 18.2 Å². The molecule has 0 radical (unpaired) electrons. The second-order valence-electron chi connectivity index (χ2n) is 3.69. The van der Waals surface area contributed by atoms with Gasteiger partial charge < -0.3 is 9.88 Å².